The molecule has 4 nitrogen and oxygen atoms in total. The largest absolute Gasteiger partial charge is 0.383 e. The van der Waals surface area contributed by atoms with Crippen LogP contribution in [0.25, 0.3) is 0 Å². The van der Waals surface area contributed by atoms with Crippen LogP contribution in [0, 0.1) is 0 Å². The molecule has 1 heterocycles. The minimum Gasteiger partial charge on any atom is -0.383 e. The van der Waals surface area contributed by atoms with Gasteiger partial charge in [0.15, 0.2) is 5.16 Å². The van der Waals surface area contributed by atoms with E-state index in [0.29, 0.717) is 5.16 Å². The number of aromatic nitrogens is 2. The van der Waals surface area contributed by atoms with Gasteiger partial charge in [0, 0.05) is 11.8 Å². The van der Waals surface area contributed by atoms with E-state index in [-0.39, 0.29) is 11.4 Å². The van der Waals surface area contributed by atoms with Crippen LogP contribution in [0.5, 0.6) is 0 Å². The van der Waals surface area contributed by atoms with Crippen LogP contribution in [-0.4, -0.2) is 15.7 Å². The van der Waals surface area contributed by atoms with Gasteiger partial charge >= 0.3 is 0 Å². The van der Waals surface area contributed by atoms with Crippen molar-refractivity contribution in [2.75, 3.05) is 11.5 Å². The Hall–Kier alpha value is -1.23. The molecule has 0 bridgehead atoms. The molecule has 0 aromatic carbocycles. The number of allylic oxidation sites excluding steroid dienone is 1. The highest BCUT2D eigenvalue weighted by molar-refractivity contribution is 7.99. The molecule has 0 aliphatic carbocycles. The second kappa shape index (κ2) is 5.49. The quantitative estimate of drug-likeness (QED) is 0.334. The van der Waals surface area contributed by atoms with E-state index in [1.165, 1.54) is 17.8 Å². The number of unbranched alkanes of at least 4 members (excludes halogenated alkanes) is 1. The predicted octanol–water partition coefficient (Wildman–Crippen LogP) is 1.41. The molecule has 1 aromatic rings. The first-order valence-electron chi connectivity index (χ1n) is 4.33. The zero-order valence-electron chi connectivity index (χ0n) is 7.82. The zero-order valence-corrected chi connectivity index (χ0v) is 8.64. The number of anilines is 1. The maximum atomic E-state index is 11.0. The van der Waals surface area contributed by atoms with Crippen molar-refractivity contribution < 1.29 is 0 Å². The summed E-state index contributed by atoms with van der Waals surface area (Å²) >= 11 is 1.49. The summed E-state index contributed by atoms with van der Waals surface area (Å²) in [6.45, 7) is 3.63. The van der Waals surface area contributed by atoms with Crippen molar-refractivity contribution in [1.82, 2.24) is 9.97 Å². The molecule has 0 atom stereocenters. The van der Waals surface area contributed by atoms with Gasteiger partial charge in [0.05, 0.1) is 0 Å². The standard InChI is InChI=1S/C9H13N3OS/c1-2-3-4-5-14-9-11-7(10)6-8(13)12-9/h2,6H,1,3-5H2,(H3,10,11,12,13). The zero-order chi connectivity index (χ0) is 10.4. The fourth-order valence-corrected chi connectivity index (χ4v) is 1.77. The lowest BCUT2D eigenvalue weighted by atomic mass is 10.3. The van der Waals surface area contributed by atoms with E-state index in [2.05, 4.69) is 16.5 Å². The summed E-state index contributed by atoms with van der Waals surface area (Å²) in [5, 5.41) is 0.582. The summed E-state index contributed by atoms with van der Waals surface area (Å²) in [5.74, 6) is 1.17. The number of nitrogens with one attached hydrogen (secondary N) is 1. The fourth-order valence-electron chi connectivity index (χ4n) is 0.918. The number of nitrogens with zero attached hydrogens (tertiary/aromatic N) is 1. The van der Waals surface area contributed by atoms with Crippen LogP contribution in [0.4, 0.5) is 5.82 Å². The van der Waals surface area contributed by atoms with E-state index in [4.69, 9.17) is 5.73 Å². The van der Waals surface area contributed by atoms with Crippen molar-refractivity contribution in [3.63, 3.8) is 0 Å². The number of nitrogen functional groups attached to an aromatic ring is 1. The molecule has 76 valence electrons. The second-order valence-corrected chi connectivity index (χ2v) is 3.84. The Bertz CT molecular complexity index is 361. The van der Waals surface area contributed by atoms with Crippen molar-refractivity contribution in [2.45, 2.75) is 18.0 Å². The van der Waals surface area contributed by atoms with Gasteiger partial charge in [0.25, 0.3) is 5.56 Å². The van der Waals surface area contributed by atoms with Crippen molar-refractivity contribution in [2.24, 2.45) is 0 Å². The maximum absolute atomic E-state index is 11.0. The highest BCUT2D eigenvalue weighted by Gasteiger charge is 1.98. The first-order valence-corrected chi connectivity index (χ1v) is 5.31. The Morgan fingerprint density at radius 1 is 1.71 bits per heavy atom. The van der Waals surface area contributed by atoms with Gasteiger partial charge in [-0.2, -0.15) is 0 Å². The molecular formula is C9H13N3OS. The van der Waals surface area contributed by atoms with Crippen LogP contribution < -0.4 is 11.3 Å². The molecular weight excluding hydrogens is 198 g/mol. The summed E-state index contributed by atoms with van der Waals surface area (Å²) < 4.78 is 0. The van der Waals surface area contributed by atoms with Crippen molar-refractivity contribution in [1.29, 1.82) is 0 Å². The van der Waals surface area contributed by atoms with Crippen LogP contribution in [0.1, 0.15) is 12.8 Å². The summed E-state index contributed by atoms with van der Waals surface area (Å²) in [6, 6.07) is 1.27. The summed E-state index contributed by atoms with van der Waals surface area (Å²) in [4.78, 5) is 17.6. The van der Waals surface area contributed by atoms with Gasteiger partial charge in [-0.25, -0.2) is 4.98 Å². The third-order valence-corrected chi connectivity index (χ3v) is 2.49. The summed E-state index contributed by atoms with van der Waals surface area (Å²) in [7, 11) is 0. The molecule has 0 saturated carbocycles. The van der Waals surface area contributed by atoms with Crippen LogP contribution in [-0.2, 0) is 0 Å². The van der Waals surface area contributed by atoms with Gasteiger partial charge in [-0.3, -0.25) is 4.79 Å². The van der Waals surface area contributed by atoms with E-state index in [1.54, 1.807) is 0 Å². The Balaban J connectivity index is 2.50. The minimum atomic E-state index is -0.205. The van der Waals surface area contributed by atoms with Crippen LogP contribution >= 0.6 is 11.8 Å². The average Bonchev–Trinajstić information content (AvgIpc) is 2.11. The third kappa shape index (κ3) is 3.66. The lowest BCUT2D eigenvalue weighted by Gasteiger charge is -1.99. The first kappa shape index (κ1) is 10.8. The molecule has 0 fully saturated rings. The number of thioether (sulfide) groups is 1. The van der Waals surface area contributed by atoms with Crippen molar-refractivity contribution in [3.8, 4) is 0 Å². The second-order valence-electron chi connectivity index (χ2n) is 2.75. The monoisotopic (exact) mass is 211 g/mol. The van der Waals surface area contributed by atoms with Gasteiger partial charge < -0.3 is 10.7 Å². The van der Waals surface area contributed by atoms with E-state index >= 15 is 0 Å². The van der Waals surface area contributed by atoms with E-state index < -0.39 is 0 Å². The molecule has 1 rings (SSSR count). The van der Waals surface area contributed by atoms with Gasteiger partial charge in [0.1, 0.15) is 5.82 Å². The van der Waals surface area contributed by atoms with Crippen LogP contribution in [0.15, 0.2) is 28.7 Å². The Kier molecular flexibility index (Phi) is 4.25. The van der Waals surface area contributed by atoms with E-state index in [1.807, 2.05) is 6.08 Å². The van der Waals surface area contributed by atoms with Crippen molar-refractivity contribution in [3.05, 3.63) is 29.1 Å². The first-order chi connectivity index (χ1) is 6.72. The topological polar surface area (TPSA) is 71.8 Å². The number of nitrogens with two attached hydrogens (primary N) is 1. The Morgan fingerprint density at radius 3 is 3.14 bits per heavy atom. The highest BCUT2D eigenvalue weighted by atomic mass is 32.2. The lowest BCUT2D eigenvalue weighted by molar-refractivity contribution is 0.928. The van der Waals surface area contributed by atoms with Gasteiger partial charge in [0.2, 0.25) is 0 Å². The molecule has 0 aliphatic heterocycles. The van der Waals surface area contributed by atoms with Crippen LogP contribution in [0.3, 0.4) is 0 Å². The molecule has 14 heavy (non-hydrogen) atoms. The van der Waals surface area contributed by atoms with Gasteiger partial charge in [-0.05, 0) is 12.8 Å². The maximum Gasteiger partial charge on any atom is 0.253 e. The molecule has 0 radical (unpaired) electrons. The molecule has 3 N–H and O–H groups in total. The number of aromatic amines is 1. The number of hydrogen-bond donors (Lipinski definition) is 2. The molecule has 0 unspecified atom stereocenters. The lowest BCUT2D eigenvalue weighted by Crippen LogP contribution is -2.09. The van der Waals surface area contributed by atoms with Gasteiger partial charge in [-0.15, -0.1) is 6.58 Å². The minimum absolute atomic E-state index is 0.205. The molecule has 0 saturated heterocycles. The molecule has 0 spiro atoms. The normalized spacial score (nSPS) is 10.0. The molecule has 5 heteroatoms. The smallest absolute Gasteiger partial charge is 0.253 e. The predicted molar refractivity (Wildman–Crippen MR) is 59.4 cm³/mol. The van der Waals surface area contributed by atoms with Gasteiger partial charge in [-0.1, -0.05) is 17.8 Å². The summed E-state index contributed by atoms with van der Waals surface area (Å²) in [5.41, 5.74) is 5.22. The van der Waals surface area contributed by atoms with E-state index in [0.717, 1.165) is 18.6 Å². The number of hydrogen-bond acceptors (Lipinski definition) is 4. The fraction of sp³-hybridized carbons (Fsp3) is 0.333. The number of rotatable bonds is 5. The Labute approximate surface area is 86.6 Å². The molecule has 1 aromatic heterocycles. The third-order valence-electron chi connectivity index (χ3n) is 1.53. The molecule has 0 aliphatic rings. The van der Waals surface area contributed by atoms with E-state index in [9.17, 15) is 4.79 Å². The van der Waals surface area contributed by atoms with Crippen molar-refractivity contribution >= 4 is 17.6 Å². The SMILES string of the molecule is C=CCCCSc1nc(N)cc(=O)[nH]1. The summed E-state index contributed by atoms with van der Waals surface area (Å²) in [6.07, 6.45) is 3.86. The number of H-pyrrole nitrogens is 1. The Morgan fingerprint density at radius 2 is 2.50 bits per heavy atom. The highest BCUT2D eigenvalue weighted by Crippen LogP contribution is 2.13. The van der Waals surface area contributed by atoms with Crippen LogP contribution in [0.2, 0.25) is 0 Å². The molecule has 0 amide bonds. The average molecular weight is 211 g/mol.